The quantitative estimate of drug-likeness (QED) is 0.246. The lowest BCUT2D eigenvalue weighted by Crippen LogP contribution is -2.57. The lowest BCUT2D eigenvalue weighted by Gasteiger charge is -2.29. The van der Waals surface area contributed by atoms with E-state index in [1.807, 2.05) is 19.9 Å². The predicted octanol–water partition coefficient (Wildman–Crippen LogP) is 0.525. The van der Waals surface area contributed by atoms with Crippen LogP contribution >= 0.6 is 21.6 Å². The molecule has 0 spiro atoms. The number of fused-ring (bicyclic) bond motifs is 7. The summed E-state index contributed by atoms with van der Waals surface area (Å²) in [6.45, 7) is 5.17. The van der Waals surface area contributed by atoms with E-state index in [0.717, 1.165) is 5.75 Å². The van der Waals surface area contributed by atoms with Crippen molar-refractivity contribution in [1.82, 2.24) is 16.0 Å². The van der Waals surface area contributed by atoms with Crippen LogP contribution in [0.5, 0.6) is 0 Å². The predicted molar refractivity (Wildman–Crippen MR) is 120 cm³/mol. The van der Waals surface area contributed by atoms with E-state index in [1.165, 1.54) is 17.7 Å². The smallest absolute Gasteiger partial charge is 0.309 e. The van der Waals surface area contributed by atoms with Gasteiger partial charge in [-0.05, 0) is 25.3 Å². The van der Waals surface area contributed by atoms with Crippen LogP contribution in [0.3, 0.4) is 0 Å². The number of hydrogen-bond donors (Lipinski definition) is 4. The summed E-state index contributed by atoms with van der Waals surface area (Å²) in [5.41, 5.74) is 0. The Morgan fingerprint density at radius 1 is 1.06 bits per heavy atom. The van der Waals surface area contributed by atoms with Crippen LogP contribution in [-0.4, -0.2) is 70.6 Å². The fourth-order valence-electron chi connectivity index (χ4n) is 3.20. The van der Waals surface area contributed by atoms with E-state index < -0.39 is 54.0 Å². The molecule has 2 aliphatic rings. The first kappa shape index (κ1) is 25.5. The molecule has 2 aliphatic heterocycles. The van der Waals surface area contributed by atoms with Gasteiger partial charge in [0.1, 0.15) is 18.2 Å². The number of rotatable bonds is 1. The molecule has 31 heavy (non-hydrogen) atoms. The Kier molecular flexibility index (Phi) is 10.2. The molecule has 0 radical (unpaired) electrons. The molecule has 0 aromatic carbocycles. The van der Waals surface area contributed by atoms with Gasteiger partial charge < -0.3 is 25.8 Å². The minimum Gasteiger partial charge on any atom is -0.457 e. The molecule has 0 aromatic heterocycles. The number of amides is 3. The number of carbonyl (C=O) groups is 4. The van der Waals surface area contributed by atoms with Crippen LogP contribution in [-0.2, 0) is 23.9 Å². The Hall–Kier alpha value is -1.72. The van der Waals surface area contributed by atoms with E-state index in [2.05, 4.69) is 16.0 Å². The van der Waals surface area contributed by atoms with Gasteiger partial charge in [0.2, 0.25) is 17.7 Å². The zero-order chi connectivity index (χ0) is 23.0. The molecule has 1 fully saturated rings. The average Bonchev–Trinajstić information content (AvgIpc) is 2.68. The van der Waals surface area contributed by atoms with E-state index >= 15 is 0 Å². The van der Waals surface area contributed by atoms with Crippen molar-refractivity contribution in [3.8, 4) is 0 Å². The van der Waals surface area contributed by atoms with Crippen molar-refractivity contribution in [2.24, 2.45) is 5.92 Å². The highest BCUT2D eigenvalue weighted by Crippen LogP contribution is 2.24. The number of aliphatic hydroxyl groups is 1. The normalized spacial score (nSPS) is 33.1. The van der Waals surface area contributed by atoms with Crippen LogP contribution in [0.2, 0.25) is 0 Å². The molecule has 2 rings (SSSR count). The highest BCUT2D eigenvalue weighted by molar-refractivity contribution is 8.76. The molecule has 2 heterocycles. The summed E-state index contributed by atoms with van der Waals surface area (Å²) in [7, 11) is 3.02. The Morgan fingerprint density at radius 2 is 1.81 bits per heavy atom. The Bertz CT molecular complexity index is 702. The monoisotopic (exact) mass is 473 g/mol. The lowest BCUT2D eigenvalue weighted by molar-refractivity contribution is -0.151. The molecule has 11 heteroatoms. The average molecular weight is 474 g/mol. The van der Waals surface area contributed by atoms with E-state index in [-0.39, 0.29) is 18.8 Å². The molecule has 0 aliphatic carbocycles. The number of hydrogen-bond acceptors (Lipinski definition) is 8. The number of carbonyl (C=O) groups excluding carboxylic acids is 4. The molecule has 0 saturated carbocycles. The third kappa shape index (κ3) is 8.38. The summed E-state index contributed by atoms with van der Waals surface area (Å²) in [4.78, 5) is 50.4. The van der Waals surface area contributed by atoms with Crippen LogP contribution in [0, 0.1) is 5.92 Å². The van der Waals surface area contributed by atoms with E-state index in [0.29, 0.717) is 12.2 Å². The van der Waals surface area contributed by atoms with Crippen LogP contribution in [0.15, 0.2) is 12.2 Å². The Labute approximate surface area is 190 Å². The maximum Gasteiger partial charge on any atom is 0.309 e. The summed E-state index contributed by atoms with van der Waals surface area (Å²) < 4.78 is 5.43. The molecule has 4 N–H and O–H groups in total. The number of esters is 1. The molecule has 1 saturated heterocycles. The standard InChI is InChI=1S/C20H31N3O6S2/c1-11(2)18-15(24)9-17(26)29-13-6-4-5-7-30-31-10-14(20(28)23-18)22-19(27)12(3)21-16(25)8-13/h4,6,11-15,18,24H,5,7-10H2,1-3H3,(H,21,25)(H,22,27)(H,23,28)/b6-4+/t12-,13?,14-,15?,18?/m1/s1. The van der Waals surface area contributed by atoms with E-state index in [4.69, 9.17) is 4.74 Å². The second-order valence-electron chi connectivity index (χ2n) is 7.96. The van der Waals surface area contributed by atoms with Gasteiger partial charge in [0.15, 0.2) is 0 Å². The minimum absolute atomic E-state index is 0.147. The van der Waals surface area contributed by atoms with Gasteiger partial charge in [-0.2, -0.15) is 0 Å². The minimum atomic E-state index is -1.18. The van der Waals surface area contributed by atoms with Crippen LogP contribution in [0.25, 0.3) is 0 Å². The van der Waals surface area contributed by atoms with E-state index in [1.54, 1.807) is 16.9 Å². The largest absolute Gasteiger partial charge is 0.457 e. The molecule has 174 valence electrons. The van der Waals surface area contributed by atoms with Crippen LogP contribution < -0.4 is 16.0 Å². The van der Waals surface area contributed by atoms with Gasteiger partial charge in [-0.1, -0.05) is 41.5 Å². The van der Waals surface area contributed by atoms with Crippen molar-refractivity contribution in [3.63, 3.8) is 0 Å². The van der Waals surface area contributed by atoms with Gasteiger partial charge in [-0.25, -0.2) is 0 Å². The molecule has 3 amide bonds. The third-order valence-electron chi connectivity index (χ3n) is 4.93. The molecule has 2 bridgehead atoms. The van der Waals surface area contributed by atoms with Crippen LogP contribution in [0.4, 0.5) is 0 Å². The molecule has 0 aromatic rings. The molecule has 3 unspecified atom stereocenters. The first-order valence-corrected chi connectivity index (χ1v) is 12.8. The van der Waals surface area contributed by atoms with Gasteiger partial charge in [-0.15, -0.1) is 0 Å². The van der Waals surface area contributed by atoms with Crippen molar-refractivity contribution < 1.29 is 29.0 Å². The second-order valence-corrected chi connectivity index (χ2v) is 10.6. The third-order valence-corrected chi connectivity index (χ3v) is 7.37. The molecular formula is C20H31N3O6S2. The van der Waals surface area contributed by atoms with Gasteiger partial charge in [0, 0.05) is 11.5 Å². The highest BCUT2D eigenvalue weighted by Gasteiger charge is 2.32. The summed E-state index contributed by atoms with van der Waals surface area (Å²) in [5, 5.41) is 18.7. The van der Waals surface area contributed by atoms with Gasteiger partial charge >= 0.3 is 5.97 Å². The van der Waals surface area contributed by atoms with Gasteiger partial charge in [-0.3, -0.25) is 19.2 Å². The summed E-state index contributed by atoms with van der Waals surface area (Å²) in [6, 6.07) is -2.44. The maximum atomic E-state index is 13.0. The van der Waals surface area contributed by atoms with Crippen molar-refractivity contribution in [2.45, 2.75) is 70.4 Å². The Balaban J connectivity index is 2.41. The van der Waals surface area contributed by atoms with Crippen molar-refractivity contribution in [3.05, 3.63) is 12.2 Å². The summed E-state index contributed by atoms with van der Waals surface area (Å²) >= 11 is 0. The summed E-state index contributed by atoms with van der Waals surface area (Å²) in [5.74, 6) is -1.17. The van der Waals surface area contributed by atoms with Crippen molar-refractivity contribution >= 4 is 45.3 Å². The van der Waals surface area contributed by atoms with Crippen molar-refractivity contribution in [2.75, 3.05) is 11.5 Å². The van der Waals surface area contributed by atoms with E-state index in [9.17, 15) is 24.3 Å². The lowest BCUT2D eigenvalue weighted by atomic mass is 9.96. The zero-order valence-electron chi connectivity index (χ0n) is 18.0. The molecular weight excluding hydrogens is 442 g/mol. The SMILES string of the molecule is CC(C)C1NC(=O)[C@H]2CSSCC/C=C/C(CC(=O)N[C@H](C)C(=O)N2)OC(=O)CC1O. The summed E-state index contributed by atoms with van der Waals surface area (Å²) in [6.07, 6.45) is 1.72. The first-order chi connectivity index (χ1) is 14.7. The second kappa shape index (κ2) is 12.4. The number of aliphatic hydroxyl groups excluding tert-OH is 1. The zero-order valence-corrected chi connectivity index (χ0v) is 19.6. The highest BCUT2D eigenvalue weighted by atomic mass is 33.1. The van der Waals surface area contributed by atoms with Gasteiger partial charge in [0.05, 0.1) is 25.0 Å². The Morgan fingerprint density at radius 3 is 2.52 bits per heavy atom. The fraction of sp³-hybridized carbons (Fsp3) is 0.700. The topological polar surface area (TPSA) is 134 Å². The fourth-order valence-corrected chi connectivity index (χ4v) is 5.36. The van der Waals surface area contributed by atoms with Gasteiger partial charge in [0.25, 0.3) is 0 Å². The molecule has 9 nitrogen and oxygen atoms in total. The molecule has 5 atom stereocenters. The maximum absolute atomic E-state index is 13.0. The number of allylic oxidation sites excluding steroid dienone is 1. The number of nitrogens with one attached hydrogen (secondary N) is 3. The van der Waals surface area contributed by atoms with Crippen molar-refractivity contribution in [1.29, 1.82) is 0 Å². The van der Waals surface area contributed by atoms with Crippen LogP contribution in [0.1, 0.15) is 40.0 Å². The first-order valence-electron chi connectivity index (χ1n) is 10.4. The number of ether oxygens (including phenoxy) is 1.